The van der Waals surface area contributed by atoms with E-state index in [1.54, 1.807) is 0 Å². The monoisotopic (exact) mass is 237 g/mol. The van der Waals surface area contributed by atoms with Gasteiger partial charge in [-0.05, 0) is 25.5 Å². The lowest BCUT2D eigenvalue weighted by Gasteiger charge is -2.10. The van der Waals surface area contributed by atoms with E-state index in [1.165, 1.54) is 29.7 Å². The summed E-state index contributed by atoms with van der Waals surface area (Å²) >= 11 is 1.88. The van der Waals surface area contributed by atoms with Gasteiger partial charge in [0.1, 0.15) is 0 Å². The summed E-state index contributed by atoms with van der Waals surface area (Å²) in [7, 11) is 0. The van der Waals surface area contributed by atoms with Gasteiger partial charge in [-0.2, -0.15) is 0 Å². The van der Waals surface area contributed by atoms with Crippen molar-refractivity contribution >= 4 is 11.8 Å². The number of unbranched alkanes of at least 4 members (excludes halogenated alkanes) is 2. The molecular formula is C14H23NS. The van der Waals surface area contributed by atoms with Gasteiger partial charge in [0.15, 0.2) is 0 Å². The quantitative estimate of drug-likeness (QED) is 0.573. The van der Waals surface area contributed by atoms with E-state index in [9.17, 15) is 0 Å². The van der Waals surface area contributed by atoms with Gasteiger partial charge in [0.25, 0.3) is 0 Å². The van der Waals surface area contributed by atoms with Crippen molar-refractivity contribution in [3.63, 3.8) is 0 Å². The molecule has 0 aliphatic heterocycles. The Morgan fingerprint density at radius 1 is 1.31 bits per heavy atom. The first-order valence-corrected chi connectivity index (χ1v) is 7.16. The van der Waals surface area contributed by atoms with E-state index in [0.29, 0.717) is 6.04 Å². The van der Waals surface area contributed by atoms with Gasteiger partial charge in [-0.3, -0.25) is 0 Å². The molecule has 2 heteroatoms. The number of rotatable bonds is 7. The summed E-state index contributed by atoms with van der Waals surface area (Å²) in [6, 6.07) is 8.97. The molecule has 0 saturated heterocycles. The van der Waals surface area contributed by atoms with Crippen LogP contribution in [0.1, 0.15) is 38.2 Å². The van der Waals surface area contributed by atoms with Crippen LogP contribution in [-0.2, 0) is 0 Å². The maximum absolute atomic E-state index is 6.08. The van der Waals surface area contributed by atoms with Crippen LogP contribution in [0.15, 0.2) is 29.2 Å². The molecule has 0 fully saturated rings. The van der Waals surface area contributed by atoms with E-state index >= 15 is 0 Å². The smallest absolute Gasteiger partial charge is 0.0133 e. The van der Waals surface area contributed by atoms with Gasteiger partial charge in [-0.15, -0.1) is 11.8 Å². The van der Waals surface area contributed by atoms with Gasteiger partial charge in [-0.1, -0.05) is 43.9 Å². The molecule has 1 aromatic carbocycles. The second-order valence-corrected chi connectivity index (χ2v) is 5.48. The summed E-state index contributed by atoms with van der Waals surface area (Å²) in [5.74, 6) is 1.03. The van der Waals surface area contributed by atoms with Gasteiger partial charge in [0.2, 0.25) is 0 Å². The van der Waals surface area contributed by atoms with Crippen molar-refractivity contribution in [2.24, 2.45) is 5.73 Å². The zero-order valence-electron chi connectivity index (χ0n) is 10.4. The molecule has 1 aromatic rings. The second-order valence-electron chi connectivity index (χ2n) is 4.38. The molecule has 1 rings (SSSR count). The van der Waals surface area contributed by atoms with Crippen LogP contribution >= 0.6 is 11.8 Å². The van der Waals surface area contributed by atoms with Crippen LogP contribution in [0.5, 0.6) is 0 Å². The topological polar surface area (TPSA) is 26.0 Å². The Balaban J connectivity index is 2.23. The highest BCUT2D eigenvalue weighted by Crippen LogP contribution is 2.20. The van der Waals surface area contributed by atoms with Crippen LogP contribution in [-0.4, -0.2) is 11.8 Å². The van der Waals surface area contributed by atoms with E-state index < -0.39 is 0 Å². The van der Waals surface area contributed by atoms with Gasteiger partial charge in [0.05, 0.1) is 0 Å². The summed E-state index contributed by atoms with van der Waals surface area (Å²) in [5.41, 5.74) is 7.40. The molecule has 0 saturated carbocycles. The highest BCUT2D eigenvalue weighted by atomic mass is 32.2. The molecule has 0 aliphatic rings. The Hall–Kier alpha value is -0.470. The third-order valence-corrected chi connectivity index (χ3v) is 3.81. The van der Waals surface area contributed by atoms with Crippen LogP contribution in [0.2, 0.25) is 0 Å². The minimum Gasteiger partial charge on any atom is -0.327 e. The number of aryl methyl sites for hydroxylation is 1. The molecule has 0 aromatic heterocycles. The van der Waals surface area contributed by atoms with Gasteiger partial charge < -0.3 is 5.73 Å². The van der Waals surface area contributed by atoms with Crippen LogP contribution in [0.25, 0.3) is 0 Å². The Kier molecular flexibility index (Phi) is 6.58. The summed E-state index contributed by atoms with van der Waals surface area (Å²) < 4.78 is 0. The number of hydrogen-bond acceptors (Lipinski definition) is 2. The zero-order chi connectivity index (χ0) is 11.8. The third-order valence-electron chi connectivity index (χ3n) is 2.63. The normalized spacial score (nSPS) is 12.7. The van der Waals surface area contributed by atoms with Crippen molar-refractivity contribution in [3.8, 4) is 0 Å². The maximum Gasteiger partial charge on any atom is 0.0133 e. The SMILES string of the molecule is CCCCCC(N)CSc1cccc(C)c1. The molecule has 0 aliphatic carbocycles. The number of hydrogen-bond donors (Lipinski definition) is 1. The second kappa shape index (κ2) is 7.75. The predicted octanol–water partition coefficient (Wildman–Crippen LogP) is 3.99. The van der Waals surface area contributed by atoms with E-state index in [1.807, 2.05) is 11.8 Å². The fourth-order valence-electron chi connectivity index (χ4n) is 1.65. The summed E-state index contributed by atoms with van der Waals surface area (Å²) in [5, 5.41) is 0. The molecular weight excluding hydrogens is 214 g/mol. The summed E-state index contributed by atoms with van der Waals surface area (Å²) in [6.07, 6.45) is 5.01. The van der Waals surface area contributed by atoms with Crippen molar-refractivity contribution in [1.82, 2.24) is 0 Å². The number of thioether (sulfide) groups is 1. The Morgan fingerprint density at radius 3 is 2.81 bits per heavy atom. The van der Waals surface area contributed by atoms with Gasteiger partial charge >= 0.3 is 0 Å². The zero-order valence-corrected chi connectivity index (χ0v) is 11.2. The molecule has 0 spiro atoms. The maximum atomic E-state index is 6.08. The van der Waals surface area contributed by atoms with Crippen molar-refractivity contribution in [3.05, 3.63) is 29.8 Å². The third kappa shape index (κ3) is 5.57. The minimum atomic E-state index is 0.345. The lowest BCUT2D eigenvalue weighted by Crippen LogP contribution is -2.22. The number of nitrogens with two attached hydrogens (primary N) is 1. The summed E-state index contributed by atoms with van der Waals surface area (Å²) in [6.45, 7) is 4.36. The Bertz CT molecular complexity index is 299. The molecule has 0 amide bonds. The van der Waals surface area contributed by atoms with E-state index in [4.69, 9.17) is 5.73 Å². The predicted molar refractivity (Wildman–Crippen MR) is 74.0 cm³/mol. The molecule has 0 radical (unpaired) electrons. The van der Waals surface area contributed by atoms with Crippen molar-refractivity contribution < 1.29 is 0 Å². The van der Waals surface area contributed by atoms with Crippen LogP contribution in [0.3, 0.4) is 0 Å². The molecule has 1 nitrogen and oxygen atoms in total. The molecule has 1 atom stereocenters. The highest BCUT2D eigenvalue weighted by Gasteiger charge is 2.03. The fourth-order valence-corrected chi connectivity index (χ4v) is 2.67. The average molecular weight is 237 g/mol. The van der Waals surface area contributed by atoms with Crippen molar-refractivity contribution in [2.75, 3.05) is 5.75 Å². The minimum absolute atomic E-state index is 0.345. The van der Waals surface area contributed by atoms with Crippen LogP contribution in [0.4, 0.5) is 0 Å². The highest BCUT2D eigenvalue weighted by molar-refractivity contribution is 7.99. The van der Waals surface area contributed by atoms with Gasteiger partial charge in [0, 0.05) is 16.7 Å². The van der Waals surface area contributed by atoms with E-state index in [2.05, 4.69) is 38.1 Å². The molecule has 2 N–H and O–H groups in total. The van der Waals surface area contributed by atoms with Crippen LogP contribution < -0.4 is 5.73 Å². The Labute approximate surface area is 104 Å². The molecule has 0 heterocycles. The van der Waals surface area contributed by atoms with Crippen LogP contribution in [0, 0.1) is 6.92 Å². The first kappa shape index (κ1) is 13.6. The lowest BCUT2D eigenvalue weighted by molar-refractivity contribution is 0.597. The van der Waals surface area contributed by atoms with Crippen molar-refractivity contribution in [2.45, 2.75) is 50.5 Å². The van der Waals surface area contributed by atoms with E-state index in [0.717, 1.165) is 12.2 Å². The van der Waals surface area contributed by atoms with Crippen molar-refractivity contribution in [1.29, 1.82) is 0 Å². The molecule has 1 unspecified atom stereocenters. The number of benzene rings is 1. The van der Waals surface area contributed by atoms with E-state index in [-0.39, 0.29) is 0 Å². The first-order valence-electron chi connectivity index (χ1n) is 6.17. The molecule has 90 valence electrons. The largest absolute Gasteiger partial charge is 0.327 e. The molecule has 0 bridgehead atoms. The standard InChI is InChI=1S/C14H23NS/c1-3-4-5-8-13(15)11-16-14-9-6-7-12(2)10-14/h6-7,9-10,13H,3-5,8,11,15H2,1-2H3. The fraction of sp³-hybridized carbons (Fsp3) is 0.571. The molecule has 16 heavy (non-hydrogen) atoms. The Morgan fingerprint density at radius 2 is 2.12 bits per heavy atom. The first-order chi connectivity index (χ1) is 7.72. The average Bonchev–Trinajstić information content (AvgIpc) is 2.27. The van der Waals surface area contributed by atoms with Gasteiger partial charge in [-0.25, -0.2) is 0 Å². The lowest BCUT2D eigenvalue weighted by atomic mass is 10.1. The summed E-state index contributed by atoms with van der Waals surface area (Å²) in [4.78, 5) is 1.34.